The second kappa shape index (κ2) is 2.38. The van der Waals surface area contributed by atoms with Gasteiger partial charge in [-0.3, -0.25) is 0 Å². The van der Waals surface area contributed by atoms with Crippen molar-refractivity contribution in [2.75, 3.05) is 0 Å². The van der Waals surface area contributed by atoms with E-state index in [1.54, 1.807) is 6.92 Å². The third-order valence-corrected chi connectivity index (χ3v) is 0.115. The van der Waals surface area contributed by atoms with Crippen molar-refractivity contribution in [2.24, 2.45) is 0 Å². The van der Waals surface area contributed by atoms with Crippen molar-refractivity contribution in [1.82, 2.24) is 0 Å². The van der Waals surface area contributed by atoms with Gasteiger partial charge in [0.25, 0.3) is 6.21 Å². The summed E-state index contributed by atoms with van der Waals surface area (Å²) in [6.45, 7) is 1.64. The molecule has 0 N–H and O–H groups in total. The lowest BCUT2D eigenvalue weighted by molar-refractivity contribution is 0.00298. The first-order valence-electron chi connectivity index (χ1n) is 1.04. The maximum Gasteiger partial charge on any atom is 0.254 e. The zero-order chi connectivity index (χ0) is 3.41. The molecule has 0 atom stereocenters. The van der Waals surface area contributed by atoms with Gasteiger partial charge in [0.15, 0.2) is 0 Å². The van der Waals surface area contributed by atoms with Crippen LogP contribution in [0, 0.1) is 0 Å². The highest BCUT2D eigenvalue weighted by molar-refractivity contribution is 5.45. The van der Waals surface area contributed by atoms with Gasteiger partial charge in [0.05, 0.1) is 0 Å². The normalized spacial score (nSPS) is 4.25. The first-order valence-corrected chi connectivity index (χ1v) is 1.04. The minimum Gasteiger partial charge on any atom is -0.362 e. The molecule has 0 heterocycles. The first-order chi connectivity index (χ1) is 1.91. The van der Waals surface area contributed by atoms with Crippen molar-refractivity contribution >= 4 is 6.21 Å². The molecule has 0 radical (unpaired) electrons. The molecule has 4 heavy (non-hydrogen) atoms. The van der Waals surface area contributed by atoms with Crippen LogP contribution in [-0.4, -0.2) is 11.0 Å². The molecule has 0 aromatic rings. The minimum absolute atomic E-state index is 1.31. The Hall–Kier alpha value is -0.620. The van der Waals surface area contributed by atoms with E-state index in [0.29, 0.717) is 0 Å². The smallest absolute Gasteiger partial charge is 0.254 e. The molecule has 0 saturated heterocycles. The molecule has 0 spiro atoms. The van der Waals surface area contributed by atoms with Gasteiger partial charge in [0, 0.05) is 6.92 Å². The van der Waals surface area contributed by atoms with Crippen molar-refractivity contribution in [3.63, 3.8) is 0 Å². The van der Waals surface area contributed by atoms with Crippen LogP contribution in [0.25, 0.3) is 5.53 Å². The molecule has 0 fully saturated rings. The fraction of sp³-hybridized carbons (Fsp3) is 0.500. The van der Waals surface area contributed by atoms with Gasteiger partial charge in [-0.25, -0.2) is 0 Å². The summed E-state index contributed by atoms with van der Waals surface area (Å²) in [5.74, 6) is 0. The van der Waals surface area contributed by atoms with Gasteiger partial charge >= 0.3 is 0 Å². The van der Waals surface area contributed by atoms with E-state index in [2.05, 4.69) is 4.79 Å². The van der Waals surface area contributed by atoms with Crippen molar-refractivity contribution < 1.29 is 4.79 Å². The minimum atomic E-state index is 1.31. The topological polar surface area (TPSA) is 36.4 Å². The number of hydrogen-bond donors (Lipinski definition) is 0. The van der Waals surface area contributed by atoms with E-state index < -0.39 is 0 Å². The Balaban J connectivity index is 3.11. The second-order valence-electron chi connectivity index (χ2n) is 0.374. The van der Waals surface area contributed by atoms with Gasteiger partial charge < -0.3 is 5.53 Å². The predicted octanol–water partition coefficient (Wildman–Crippen LogP) is 0.307. The molecular weight excluding hydrogens is 52.0 g/mol. The summed E-state index contributed by atoms with van der Waals surface area (Å²) in [5, 5.41) is 0. The average molecular weight is 56.1 g/mol. The van der Waals surface area contributed by atoms with E-state index in [4.69, 9.17) is 5.53 Å². The first kappa shape index (κ1) is 3.38. The van der Waals surface area contributed by atoms with Crippen molar-refractivity contribution in [2.45, 2.75) is 6.92 Å². The van der Waals surface area contributed by atoms with E-state index in [0.717, 1.165) is 0 Å². The molecule has 0 aromatic heterocycles. The fourth-order valence-corrected chi connectivity index (χ4v) is 0. The summed E-state index contributed by atoms with van der Waals surface area (Å²) in [6.07, 6.45) is 1.31. The zero-order valence-corrected chi connectivity index (χ0v) is 2.47. The molecule has 2 nitrogen and oxygen atoms in total. The summed E-state index contributed by atoms with van der Waals surface area (Å²) < 4.78 is 0. The van der Waals surface area contributed by atoms with Crippen LogP contribution in [-0.2, 0) is 0 Å². The Morgan fingerprint density at radius 1 is 2.00 bits per heavy atom. The fourth-order valence-electron chi connectivity index (χ4n) is 0. The molecule has 0 saturated carbocycles. The Bertz CT molecular complexity index is 42.0. The van der Waals surface area contributed by atoms with Crippen LogP contribution in [0.15, 0.2) is 0 Å². The highest BCUT2D eigenvalue weighted by atomic mass is 14.8. The molecule has 0 aliphatic heterocycles. The maximum atomic E-state index is 7.44. The van der Waals surface area contributed by atoms with Crippen LogP contribution in [0.2, 0.25) is 0 Å². The van der Waals surface area contributed by atoms with Gasteiger partial charge in [0.1, 0.15) is 0 Å². The molecule has 0 aromatic carbocycles. The van der Waals surface area contributed by atoms with Crippen LogP contribution >= 0.6 is 0 Å². The summed E-state index contributed by atoms with van der Waals surface area (Å²) in [6, 6.07) is 0. The lowest BCUT2D eigenvalue weighted by atomic mass is 10.9. The third kappa shape index (κ3) is 1.38. The Labute approximate surface area is 24.7 Å². The Morgan fingerprint density at radius 3 is 2.25 bits per heavy atom. The molecule has 2 heteroatoms. The van der Waals surface area contributed by atoms with Crippen molar-refractivity contribution in [3.05, 3.63) is 5.53 Å². The van der Waals surface area contributed by atoms with E-state index in [9.17, 15) is 0 Å². The SMILES string of the molecule is CC=[N+]=[N-]. The molecular formula is C2H4N2. The van der Waals surface area contributed by atoms with E-state index in [-0.39, 0.29) is 0 Å². The van der Waals surface area contributed by atoms with E-state index in [1.807, 2.05) is 0 Å². The molecule has 0 bridgehead atoms. The van der Waals surface area contributed by atoms with Gasteiger partial charge in [-0.05, 0) is 0 Å². The zero-order valence-electron chi connectivity index (χ0n) is 2.47. The van der Waals surface area contributed by atoms with Crippen LogP contribution in [0.5, 0.6) is 0 Å². The lowest BCUT2D eigenvalue weighted by Crippen LogP contribution is -1.48. The molecule has 22 valence electrons. The van der Waals surface area contributed by atoms with Crippen molar-refractivity contribution in [1.29, 1.82) is 0 Å². The number of hydrogen-bond acceptors (Lipinski definition) is 0. The van der Waals surface area contributed by atoms with Crippen LogP contribution in [0.1, 0.15) is 6.92 Å². The van der Waals surface area contributed by atoms with E-state index in [1.165, 1.54) is 6.21 Å². The van der Waals surface area contributed by atoms with Crippen LogP contribution in [0.3, 0.4) is 0 Å². The molecule has 0 aliphatic rings. The summed E-state index contributed by atoms with van der Waals surface area (Å²) in [4.78, 5) is 2.61. The average Bonchev–Trinajstić information content (AvgIpc) is 1.37. The molecule has 0 rings (SSSR count). The van der Waals surface area contributed by atoms with Gasteiger partial charge in [-0.15, -0.1) is 0 Å². The van der Waals surface area contributed by atoms with Gasteiger partial charge in [0.2, 0.25) is 0 Å². The Morgan fingerprint density at radius 2 is 2.25 bits per heavy atom. The maximum absolute atomic E-state index is 7.44. The molecule has 0 unspecified atom stereocenters. The highest BCUT2D eigenvalue weighted by Gasteiger charge is 1.38. The largest absolute Gasteiger partial charge is 0.362 e. The second-order valence-corrected chi connectivity index (χ2v) is 0.374. The van der Waals surface area contributed by atoms with Crippen molar-refractivity contribution in [3.8, 4) is 0 Å². The third-order valence-electron chi connectivity index (χ3n) is 0.115. The highest BCUT2D eigenvalue weighted by Crippen LogP contribution is 1.19. The number of rotatable bonds is 0. The van der Waals surface area contributed by atoms with Gasteiger partial charge in [-0.2, -0.15) is 4.79 Å². The Kier molecular flexibility index (Phi) is 2.01. The summed E-state index contributed by atoms with van der Waals surface area (Å²) >= 11 is 0. The molecule has 0 amide bonds. The van der Waals surface area contributed by atoms with Gasteiger partial charge in [-0.1, -0.05) is 0 Å². The van der Waals surface area contributed by atoms with Crippen LogP contribution in [0.4, 0.5) is 0 Å². The predicted molar refractivity (Wildman–Crippen MR) is 15.4 cm³/mol. The monoisotopic (exact) mass is 56.0 g/mol. The number of nitrogens with zero attached hydrogens (tertiary/aromatic N) is 2. The summed E-state index contributed by atoms with van der Waals surface area (Å²) in [7, 11) is 0. The molecule has 0 aliphatic carbocycles. The quantitative estimate of drug-likeness (QED) is 0.217. The lowest BCUT2D eigenvalue weighted by Gasteiger charge is -1.31. The van der Waals surface area contributed by atoms with Crippen LogP contribution < -0.4 is 0 Å². The standard InChI is InChI=1S/C2H4N2/c1-2-4-3/h2H,1H3. The summed E-state index contributed by atoms with van der Waals surface area (Å²) in [5.41, 5.74) is 7.44. The van der Waals surface area contributed by atoms with E-state index >= 15 is 0 Å².